The number of carbonyl (C=O) groups is 1. The van der Waals surface area contributed by atoms with Crippen molar-refractivity contribution in [2.45, 2.75) is 31.8 Å². The number of nitrogens with one attached hydrogen (secondary N) is 2. The van der Waals surface area contributed by atoms with Gasteiger partial charge in [-0.2, -0.15) is 0 Å². The zero-order valence-electron chi connectivity index (χ0n) is 13.2. The lowest BCUT2D eigenvalue weighted by molar-refractivity contribution is 0.0221. The molecule has 5 heteroatoms. The molecule has 2 amide bonds. The highest BCUT2D eigenvalue weighted by Crippen LogP contribution is 2.34. The summed E-state index contributed by atoms with van der Waals surface area (Å²) in [4.78, 5) is 16.1. The molecule has 0 saturated heterocycles. The molecule has 1 atom stereocenters. The average molecular weight is 311 g/mol. The van der Waals surface area contributed by atoms with E-state index < -0.39 is 5.60 Å². The fourth-order valence-electron chi connectivity index (χ4n) is 3.09. The summed E-state index contributed by atoms with van der Waals surface area (Å²) >= 11 is 0. The molecule has 1 unspecified atom stereocenters. The van der Waals surface area contributed by atoms with Gasteiger partial charge in [-0.1, -0.05) is 24.3 Å². The third-order valence-electron chi connectivity index (χ3n) is 4.37. The lowest BCUT2D eigenvalue weighted by Gasteiger charge is -2.34. The smallest absolute Gasteiger partial charge is 0.319 e. The van der Waals surface area contributed by atoms with Gasteiger partial charge in [0.15, 0.2) is 0 Å². The molecule has 3 N–H and O–H groups in total. The minimum absolute atomic E-state index is 0.194. The molecule has 23 heavy (non-hydrogen) atoms. The summed E-state index contributed by atoms with van der Waals surface area (Å²) in [6.45, 7) is 2.08. The predicted molar refractivity (Wildman–Crippen MR) is 89.3 cm³/mol. The van der Waals surface area contributed by atoms with E-state index in [0.717, 1.165) is 29.5 Å². The Labute approximate surface area is 135 Å². The van der Waals surface area contributed by atoms with Gasteiger partial charge in [-0.15, -0.1) is 0 Å². The van der Waals surface area contributed by atoms with Gasteiger partial charge in [-0.3, -0.25) is 4.98 Å². The molecule has 1 heterocycles. The molecule has 0 saturated carbocycles. The predicted octanol–water partition coefficient (Wildman–Crippen LogP) is 2.74. The fourth-order valence-corrected chi connectivity index (χ4v) is 3.09. The van der Waals surface area contributed by atoms with Crippen LogP contribution in [0.15, 0.2) is 42.7 Å². The SMILES string of the molecule is Cc1cnccc1NC(=O)NCC1(O)CCCc2ccccc21. The third-order valence-corrected chi connectivity index (χ3v) is 4.37. The van der Waals surface area contributed by atoms with Crippen molar-refractivity contribution >= 4 is 11.7 Å². The molecule has 1 aliphatic rings. The van der Waals surface area contributed by atoms with E-state index in [4.69, 9.17) is 0 Å². The summed E-state index contributed by atoms with van der Waals surface area (Å²) in [5.74, 6) is 0. The minimum atomic E-state index is -1.00. The van der Waals surface area contributed by atoms with Crippen LogP contribution < -0.4 is 10.6 Å². The summed E-state index contributed by atoms with van der Waals surface area (Å²) in [5, 5.41) is 16.5. The van der Waals surface area contributed by atoms with Gasteiger partial charge in [0.05, 0.1) is 6.54 Å². The Balaban J connectivity index is 1.66. The van der Waals surface area contributed by atoms with Gasteiger partial charge in [-0.05, 0) is 48.9 Å². The van der Waals surface area contributed by atoms with Crippen LogP contribution in [0.4, 0.5) is 10.5 Å². The molecule has 0 spiro atoms. The van der Waals surface area contributed by atoms with Crippen molar-refractivity contribution in [3.63, 3.8) is 0 Å². The molecular weight excluding hydrogens is 290 g/mol. The molecular formula is C18H21N3O2. The molecule has 0 bridgehead atoms. The second-order valence-electron chi connectivity index (χ2n) is 6.04. The van der Waals surface area contributed by atoms with Crippen LogP contribution in [0.3, 0.4) is 0 Å². The number of pyridine rings is 1. The van der Waals surface area contributed by atoms with E-state index in [-0.39, 0.29) is 12.6 Å². The number of aliphatic hydroxyl groups is 1. The summed E-state index contributed by atoms with van der Waals surface area (Å²) in [6.07, 6.45) is 5.87. The molecule has 2 aromatic rings. The van der Waals surface area contributed by atoms with Crippen molar-refractivity contribution in [3.8, 4) is 0 Å². The maximum atomic E-state index is 12.1. The van der Waals surface area contributed by atoms with E-state index in [9.17, 15) is 9.90 Å². The standard InChI is InChI=1S/C18H21N3O2/c1-13-11-19-10-8-16(13)21-17(22)20-12-18(23)9-4-6-14-5-2-3-7-15(14)18/h2-3,5,7-8,10-11,23H,4,6,9,12H2,1H3,(H2,19,20,21,22). The Hall–Kier alpha value is -2.40. The highest BCUT2D eigenvalue weighted by atomic mass is 16.3. The molecule has 3 rings (SSSR count). The van der Waals surface area contributed by atoms with Crippen LogP contribution in [-0.2, 0) is 12.0 Å². The molecule has 0 fully saturated rings. The molecule has 5 nitrogen and oxygen atoms in total. The summed E-state index contributed by atoms with van der Waals surface area (Å²) < 4.78 is 0. The Bertz CT molecular complexity index is 717. The van der Waals surface area contributed by atoms with Gasteiger partial charge < -0.3 is 15.7 Å². The van der Waals surface area contributed by atoms with Crippen molar-refractivity contribution in [1.29, 1.82) is 0 Å². The number of fused-ring (bicyclic) bond motifs is 1. The largest absolute Gasteiger partial charge is 0.383 e. The quantitative estimate of drug-likeness (QED) is 0.816. The van der Waals surface area contributed by atoms with Gasteiger partial charge >= 0.3 is 6.03 Å². The second kappa shape index (κ2) is 6.38. The molecule has 1 aliphatic carbocycles. The fraction of sp³-hybridized carbons (Fsp3) is 0.333. The Morgan fingerprint density at radius 3 is 3.00 bits per heavy atom. The van der Waals surface area contributed by atoms with Gasteiger partial charge in [0.1, 0.15) is 5.60 Å². The third kappa shape index (κ3) is 3.35. The molecule has 120 valence electrons. The first-order valence-corrected chi connectivity index (χ1v) is 7.85. The number of nitrogens with zero attached hydrogens (tertiary/aromatic N) is 1. The number of hydrogen-bond acceptors (Lipinski definition) is 3. The van der Waals surface area contributed by atoms with Crippen LogP contribution in [0.25, 0.3) is 0 Å². The Morgan fingerprint density at radius 2 is 2.17 bits per heavy atom. The van der Waals surface area contributed by atoms with E-state index in [1.807, 2.05) is 31.2 Å². The van der Waals surface area contributed by atoms with Crippen molar-refractivity contribution in [2.75, 3.05) is 11.9 Å². The molecule has 0 radical (unpaired) electrons. The van der Waals surface area contributed by atoms with Gasteiger partial charge in [0, 0.05) is 18.1 Å². The highest BCUT2D eigenvalue weighted by molar-refractivity contribution is 5.89. The first-order chi connectivity index (χ1) is 11.1. The van der Waals surface area contributed by atoms with Crippen LogP contribution >= 0.6 is 0 Å². The number of hydrogen-bond donors (Lipinski definition) is 3. The Morgan fingerprint density at radius 1 is 1.35 bits per heavy atom. The lowest BCUT2D eigenvalue weighted by Crippen LogP contribution is -2.44. The summed E-state index contributed by atoms with van der Waals surface area (Å²) in [5.41, 5.74) is 2.69. The zero-order valence-corrected chi connectivity index (χ0v) is 13.2. The van der Waals surface area contributed by atoms with Crippen LogP contribution in [0.5, 0.6) is 0 Å². The first-order valence-electron chi connectivity index (χ1n) is 7.85. The number of benzene rings is 1. The van der Waals surface area contributed by atoms with Gasteiger partial charge in [0.25, 0.3) is 0 Å². The van der Waals surface area contributed by atoms with E-state index in [1.54, 1.807) is 18.5 Å². The van der Waals surface area contributed by atoms with Crippen molar-refractivity contribution in [1.82, 2.24) is 10.3 Å². The van der Waals surface area contributed by atoms with Gasteiger partial charge in [0.2, 0.25) is 0 Å². The van der Waals surface area contributed by atoms with Gasteiger partial charge in [-0.25, -0.2) is 4.79 Å². The summed E-state index contributed by atoms with van der Waals surface area (Å²) in [7, 11) is 0. The maximum absolute atomic E-state index is 12.1. The number of aromatic nitrogens is 1. The highest BCUT2D eigenvalue weighted by Gasteiger charge is 2.34. The number of aryl methyl sites for hydroxylation is 2. The number of urea groups is 1. The van der Waals surface area contributed by atoms with Crippen LogP contribution in [0.2, 0.25) is 0 Å². The van der Waals surface area contributed by atoms with E-state index >= 15 is 0 Å². The minimum Gasteiger partial charge on any atom is -0.383 e. The van der Waals surface area contributed by atoms with E-state index in [2.05, 4.69) is 15.6 Å². The normalized spacial score (nSPS) is 19.7. The van der Waals surface area contributed by atoms with Crippen molar-refractivity contribution < 1.29 is 9.90 Å². The van der Waals surface area contributed by atoms with Crippen LogP contribution in [0, 0.1) is 6.92 Å². The lowest BCUT2D eigenvalue weighted by atomic mass is 9.79. The van der Waals surface area contributed by atoms with E-state index in [1.165, 1.54) is 0 Å². The maximum Gasteiger partial charge on any atom is 0.319 e. The summed E-state index contributed by atoms with van der Waals surface area (Å²) in [6, 6.07) is 9.32. The van der Waals surface area contributed by atoms with E-state index in [0.29, 0.717) is 12.1 Å². The van der Waals surface area contributed by atoms with Crippen LogP contribution in [-0.4, -0.2) is 22.7 Å². The molecule has 1 aromatic heterocycles. The van der Waals surface area contributed by atoms with Crippen molar-refractivity contribution in [3.05, 3.63) is 59.4 Å². The monoisotopic (exact) mass is 311 g/mol. The molecule has 0 aliphatic heterocycles. The average Bonchev–Trinajstić information content (AvgIpc) is 2.56. The number of anilines is 1. The Kier molecular flexibility index (Phi) is 4.30. The number of rotatable bonds is 3. The zero-order chi connectivity index (χ0) is 16.3. The first kappa shape index (κ1) is 15.5. The van der Waals surface area contributed by atoms with Crippen LogP contribution in [0.1, 0.15) is 29.5 Å². The number of carbonyl (C=O) groups excluding carboxylic acids is 1. The number of amides is 2. The second-order valence-corrected chi connectivity index (χ2v) is 6.04. The van der Waals surface area contributed by atoms with Crippen molar-refractivity contribution in [2.24, 2.45) is 0 Å². The molecule has 1 aromatic carbocycles. The topological polar surface area (TPSA) is 74.2 Å².